The summed E-state index contributed by atoms with van der Waals surface area (Å²) in [4.78, 5) is 36.1. The third-order valence-corrected chi connectivity index (χ3v) is 3.40. The van der Waals surface area contributed by atoms with E-state index >= 15 is 0 Å². The highest BCUT2D eigenvalue weighted by Gasteiger charge is 2.41. The Morgan fingerprint density at radius 3 is 2.11 bits per heavy atom. The summed E-state index contributed by atoms with van der Waals surface area (Å²) >= 11 is 3.76. The van der Waals surface area contributed by atoms with Crippen molar-refractivity contribution in [1.29, 1.82) is 0 Å². The number of nitrogens with zero attached hydrogens (tertiary/aromatic N) is 2. The summed E-state index contributed by atoms with van der Waals surface area (Å²) in [7, 11) is 0. The molecule has 1 aromatic rings. The van der Waals surface area contributed by atoms with Crippen molar-refractivity contribution in [2.75, 3.05) is 0 Å². The number of amides is 3. The molecule has 0 saturated carbocycles. The number of rotatable bonds is 3. The van der Waals surface area contributed by atoms with E-state index in [0.717, 1.165) is 10.0 Å². The largest absolute Gasteiger partial charge is 0.297 e. The highest BCUT2D eigenvalue weighted by molar-refractivity contribution is 7.96. The summed E-state index contributed by atoms with van der Waals surface area (Å²) in [6, 6.07) is 6.24. The molecular formula is C13H14N2O3S. The molecule has 0 radical (unpaired) electrons. The van der Waals surface area contributed by atoms with Gasteiger partial charge in [-0.05, 0) is 25.5 Å². The van der Waals surface area contributed by atoms with Gasteiger partial charge in [0.25, 0.3) is 17.1 Å². The van der Waals surface area contributed by atoms with Crippen LogP contribution in [0.3, 0.4) is 0 Å². The lowest BCUT2D eigenvalue weighted by atomic mass is 10.1. The third-order valence-electron chi connectivity index (χ3n) is 3.19. The molecule has 3 amide bonds. The van der Waals surface area contributed by atoms with Crippen LogP contribution in [0, 0.1) is 0 Å². The van der Waals surface area contributed by atoms with E-state index in [9.17, 15) is 14.4 Å². The van der Waals surface area contributed by atoms with Crippen molar-refractivity contribution >= 4 is 29.7 Å². The Labute approximate surface area is 116 Å². The number of hydrazine groups is 1. The number of carbonyl (C=O) groups is 3. The van der Waals surface area contributed by atoms with Gasteiger partial charge in [-0.25, -0.2) is 5.01 Å². The first kappa shape index (κ1) is 13.6. The zero-order valence-corrected chi connectivity index (χ0v) is 11.6. The molecule has 0 N–H and O–H groups in total. The normalized spacial score (nSPS) is 15.4. The fourth-order valence-corrected chi connectivity index (χ4v) is 2.30. The van der Waals surface area contributed by atoms with E-state index in [0.29, 0.717) is 17.5 Å². The van der Waals surface area contributed by atoms with Crippen LogP contribution >= 0.6 is 12.6 Å². The molecule has 5 nitrogen and oxygen atoms in total. The molecule has 2 rings (SSSR count). The van der Waals surface area contributed by atoms with Crippen LogP contribution in [0.15, 0.2) is 24.3 Å². The van der Waals surface area contributed by atoms with Gasteiger partial charge in [0.2, 0.25) is 0 Å². The number of benzene rings is 1. The van der Waals surface area contributed by atoms with Crippen LogP contribution in [-0.4, -0.2) is 33.1 Å². The molecule has 0 fully saturated rings. The summed E-state index contributed by atoms with van der Waals surface area (Å²) in [5.74, 6) is -0.966. The number of hydrogen-bond acceptors (Lipinski definition) is 3. The maximum absolute atomic E-state index is 12.3. The van der Waals surface area contributed by atoms with Crippen molar-refractivity contribution in [1.82, 2.24) is 10.0 Å². The molecule has 1 aromatic carbocycles. The standard InChI is InChI=1S/C13H14N2O3S/c1-3-8(2)14(13(18)19)15-11(16)9-6-4-5-7-10(9)12(15)17/h4-8H,3H2,1-2H3,(H,18,19). The average Bonchev–Trinajstić information content (AvgIpc) is 2.64. The summed E-state index contributed by atoms with van der Waals surface area (Å²) in [5.41, 5.74) is 0.630. The van der Waals surface area contributed by atoms with Crippen LogP contribution in [0.25, 0.3) is 0 Å². The van der Waals surface area contributed by atoms with Crippen LogP contribution in [0.1, 0.15) is 41.0 Å². The van der Waals surface area contributed by atoms with E-state index in [2.05, 4.69) is 12.6 Å². The van der Waals surface area contributed by atoms with Gasteiger partial charge in [-0.1, -0.05) is 31.7 Å². The fourth-order valence-electron chi connectivity index (χ4n) is 2.02. The summed E-state index contributed by atoms with van der Waals surface area (Å²) < 4.78 is 0. The predicted octanol–water partition coefficient (Wildman–Crippen LogP) is 2.35. The summed E-state index contributed by atoms with van der Waals surface area (Å²) in [6.07, 6.45) is 0.611. The molecule has 1 atom stereocenters. The maximum Gasteiger partial charge on any atom is 0.297 e. The highest BCUT2D eigenvalue weighted by atomic mass is 32.1. The van der Waals surface area contributed by atoms with E-state index in [1.165, 1.54) is 0 Å². The van der Waals surface area contributed by atoms with Gasteiger partial charge in [-0.15, -0.1) is 0 Å². The minimum Gasteiger partial charge on any atom is -0.267 e. The van der Waals surface area contributed by atoms with Crippen LogP contribution in [-0.2, 0) is 0 Å². The summed E-state index contributed by atoms with van der Waals surface area (Å²) in [5, 5.41) is 1.37. The molecule has 19 heavy (non-hydrogen) atoms. The number of hydrogen-bond donors (Lipinski definition) is 1. The minimum absolute atomic E-state index is 0.285. The molecule has 1 unspecified atom stereocenters. The minimum atomic E-state index is -0.621. The van der Waals surface area contributed by atoms with E-state index < -0.39 is 17.1 Å². The molecule has 0 bridgehead atoms. The highest BCUT2D eigenvalue weighted by Crippen LogP contribution is 2.26. The molecule has 0 saturated heterocycles. The van der Waals surface area contributed by atoms with Crippen LogP contribution < -0.4 is 0 Å². The second kappa shape index (κ2) is 5.05. The third kappa shape index (κ3) is 2.12. The van der Waals surface area contributed by atoms with E-state index in [1.54, 1.807) is 31.2 Å². The first-order chi connectivity index (χ1) is 8.99. The molecule has 1 aliphatic heterocycles. The summed E-state index contributed by atoms with van der Waals surface area (Å²) in [6.45, 7) is 3.63. The average molecular weight is 278 g/mol. The smallest absolute Gasteiger partial charge is 0.267 e. The number of fused-ring (bicyclic) bond motifs is 1. The lowest BCUT2D eigenvalue weighted by Gasteiger charge is -2.32. The topological polar surface area (TPSA) is 57.7 Å². The van der Waals surface area contributed by atoms with Crippen molar-refractivity contribution < 1.29 is 14.4 Å². The Morgan fingerprint density at radius 2 is 1.74 bits per heavy atom. The van der Waals surface area contributed by atoms with Crippen LogP contribution in [0.2, 0.25) is 0 Å². The Hall–Kier alpha value is -1.82. The van der Waals surface area contributed by atoms with Gasteiger partial charge in [0.15, 0.2) is 0 Å². The van der Waals surface area contributed by atoms with Gasteiger partial charge in [0.1, 0.15) is 0 Å². The molecule has 1 heterocycles. The second-order valence-electron chi connectivity index (χ2n) is 4.35. The van der Waals surface area contributed by atoms with Gasteiger partial charge in [0, 0.05) is 0 Å². The molecule has 1 aliphatic rings. The maximum atomic E-state index is 12.3. The number of carbonyl (C=O) groups excluding carboxylic acids is 3. The number of thiol groups is 1. The van der Waals surface area contributed by atoms with Crippen molar-refractivity contribution in [3.05, 3.63) is 35.4 Å². The van der Waals surface area contributed by atoms with Gasteiger partial charge in [-0.3, -0.25) is 14.4 Å². The van der Waals surface area contributed by atoms with Crippen molar-refractivity contribution in [3.8, 4) is 0 Å². The first-order valence-corrected chi connectivity index (χ1v) is 6.43. The SMILES string of the molecule is CCC(C)N(C(=O)S)N1C(=O)c2ccccc2C1=O. The van der Waals surface area contributed by atoms with Crippen molar-refractivity contribution in [3.63, 3.8) is 0 Å². The van der Waals surface area contributed by atoms with Gasteiger partial charge < -0.3 is 0 Å². The molecule has 0 aliphatic carbocycles. The molecule has 100 valence electrons. The zero-order chi connectivity index (χ0) is 14.2. The quantitative estimate of drug-likeness (QED) is 0.682. The Bertz CT molecular complexity index is 524. The molecular weight excluding hydrogens is 264 g/mol. The Balaban J connectivity index is 2.45. The van der Waals surface area contributed by atoms with Gasteiger partial charge in [0.05, 0.1) is 17.2 Å². The first-order valence-electron chi connectivity index (χ1n) is 5.99. The lowest BCUT2D eigenvalue weighted by molar-refractivity contribution is 0.0102. The molecule has 6 heteroatoms. The predicted molar refractivity (Wildman–Crippen MR) is 72.9 cm³/mol. The van der Waals surface area contributed by atoms with E-state index in [4.69, 9.17) is 0 Å². The van der Waals surface area contributed by atoms with Crippen molar-refractivity contribution in [2.45, 2.75) is 26.3 Å². The lowest BCUT2D eigenvalue weighted by Crippen LogP contribution is -2.51. The van der Waals surface area contributed by atoms with E-state index in [1.807, 2.05) is 6.92 Å². The van der Waals surface area contributed by atoms with Crippen LogP contribution in [0.5, 0.6) is 0 Å². The fraction of sp³-hybridized carbons (Fsp3) is 0.308. The second-order valence-corrected chi connectivity index (χ2v) is 4.73. The van der Waals surface area contributed by atoms with E-state index in [-0.39, 0.29) is 6.04 Å². The van der Waals surface area contributed by atoms with Crippen LogP contribution in [0.4, 0.5) is 4.79 Å². The van der Waals surface area contributed by atoms with Gasteiger partial charge >= 0.3 is 0 Å². The van der Waals surface area contributed by atoms with Gasteiger partial charge in [-0.2, -0.15) is 5.01 Å². The monoisotopic (exact) mass is 278 g/mol. The number of imide groups is 1. The van der Waals surface area contributed by atoms with Crippen molar-refractivity contribution in [2.24, 2.45) is 0 Å². The molecule has 0 spiro atoms. The molecule has 0 aromatic heterocycles. The Kier molecular flexibility index (Phi) is 3.61. The zero-order valence-electron chi connectivity index (χ0n) is 10.7. The Morgan fingerprint density at radius 1 is 1.26 bits per heavy atom.